The first-order valence-electron chi connectivity index (χ1n) is 9.09. The number of alkyl carbamates (subject to hydrolysis) is 1. The molecular formula is C21H22N2O5. The Balaban J connectivity index is 1.43. The Morgan fingerprint density at radius 2 is 1.75 bits per heavy atom. The maximum Gasteiger partial charge on any atom is 0.407 e. The number of aliphatic imine (C=N–C) groups is 1. The summed E-state index contributed by atoms with van der Waals surface area (Å²) in [6.45, 7) is 0.589. The van der Waals surface area contributed by atoms with Crippen molar-refractivity contribution in [2.24, 2.45) is 4.99 Å². The van der Waals surface area contributed by atoms with Crippen molar-refractivity contribution in [2.45, 2.75) is 31.6 Å². The third-order valence-electron chi connectivity index (χ3n) is 4.27. The van der Waals surface area contributed by atoms with Crippen LogP contribution in [0.3, 0.4) is 0 Å². The lowest BCUT2D eigenvalue weighted by Gasteiger charge is -2.13. The van der Waals surface area contributed by atoms with Gasteiger partial charge in [-0.15, -0.1) is 0 Å². The average molecular weight is 382 g/mol. The number of rotatable bonds is 8. The molecule has 28 heavy (non-hydrogen) atoms. The Morgan fingerprint density at radius 1 is 1.07 bits per heavy atom. The van der Waals surface area contributed by atoms with Gasteiger partial charge < -0.3 is 19.9 Å². The van der Waals surface area contributed by atoms with Crippen molar-refractivity contribution in [3.8, 4) is 0 Å². The molecule has 0 saturated carbocycles. The number of carboxylic acid groups (broad SMARTS) is 1. The van der Waals surface area contributed by atoms with Crippen molar-refractivity contribution < 1.29 is 24.2 Å². The summed E-state index contributed by atoms with van der Waals surface area (Å²) in [6.07, 6.45) is -0.524. The molecule has 2 aromatic carbocycles. The Kier molecular flexibility index (Phi) is 6.62. The fraction of sp³-hybridized carbons (Fsp3) is 0.286. The number of ether oxygens (including phenoxy) is 2. The Labute approximate surface area is 163 Å². The molecule has 0 aliphatic carbocycles. The summed E-state index contributed by atoms with van der Waals surface area (Å²) in [7, 11) is 0. The van der Waals surface area contributed by atoms with Crippen LogP contribution in [0.1, 0.15) is 30.0 Å². The van der Waals surface area contributed by atoms with Crippen molar-refractivity contribution in [1.82, 2.24) is 5.32 Å². The van der Waals surface area contributed by atoms with Crippen LogP contribution in [0.4, 0.5) is 4.79 Å². The van der Waals surface area contributed by atoms with Crippen LogP contribution in [0.5, 0.6) is 0 Å². The number of carbonyl (C=O) groups is 2. The molecule has 1 heterocycles. The lowest BCUT2D eigenvalue weighted by atomic mass is 10.0. The van der Waals surface area contributed by atoms with Gasteiger partial charge in [-0.2, -0.15) is 0 Å². The number of hydrogen-bond donors (Lipinski definition) is 2. The molecule has 7 nitrogen and oxygen atoms in total. The fourth-order valence-corrected chi connectivity index (χ4v) is 2.88. The van der Waals surface area contributed by atoms with E-state index >= 15 is 0 Å². The second-order valence-corrected chi connectivity index (χ2v) is 6.35. The molecule has 0 spiro atoms. The Bertz CT molecular complexity index is 823. The minimum Gasteiger partial charge on any atom is -0.478 e. The van der Waals surface area contributed by atoms with Crippen molar-refractivity contribution in [3.05, 3.63) is 71.8 Å². The minimum atomic E-state index is -1.05. The van der Waals surface area contributed by atoms with Gasteiger partial charge in [0.25, 0.3) is 0 Å². The summed E-state index contributed by atoms with van der Waals surface area (Å²) in [5, 5.41) is 12.1. The van der Waals surface area contributed by atoms with Gasteiger partial charge in [0, 0.05) is 13.0 Å². The highest BCUT2D eigenvalue weighted by Crippen LogP contribution is 2.30. The molecule has 0 fully saturated rings. The van der Waals surface area contributed by atoms with Gasteiger partial charge >= 0.3 is 12.1 Å². The van der Waals surface area contributed by atoms with E-state index in [9.17, 15) is 14.7 Å². The summed E-state index contributed by atoms with van der Waals surface area (Å²) < 4.78 is 10.6. The second kappa shape index (κ2) is 9.55. The van der Waals surface area contributed by atoms with Crippen LogP contribution >= 0.6 is 0 Å². The molecule has 2 aromatic rings. The number of nitrogens with one attached hydrogen (secondary N) is 1. The molecule has 0 bridgehead atoms. The van der Waals surface area contributed by atoms with E-state index in [1.165, 1.54) is 0 Å². The number of nitrogens with zero attached hydrogens (tertiary/aromatic N) is 1. The molecule has 1 amide bonds. The van der Waals surface area contributed by atoms with Crippen LogP contribution in [-0.2, 0) is 20.9 Å². The normalized spacial score (nSPS) is 18.1. The molecule has 0 saturated heterocycles. The molecule has 2 N–H and O–H groups in total. The first-order chi connectivity index (χ1) is 13.6. The highest BCUT2D eigenvalue weighted by molar-refractivity contribution is 5.85. The van der Waals surface area contributed by atoms with Gasteiger partial charge in [-0.1, -0.05) is 60.7 Å². The Hall–Kier alpha value is -3.35. The summed E-state index contributed by atoms with van der Waals surface area (Å²) in [5.74, 6) is -0.657. The van der Waals surface area contributed by atoms with E-state index in [0.717, 1.165) is 11.1 Å². The van der Waals surface area contributed by atoms with Gasteiger partial charge in [0.2, 0.25) is 6.10 Å². The number of benzene rings is 2. The van der Waals surface area contributed by atoms with E-state index in [1.54, 1.807) is 0 Å². The van der Waals surface area contributed by atoms with Gasteiger partial charge in [0.1, 0.15) is 12.6 Å². The van der Waals surface area contributed by atoms with Gasteiger partial charge in [-0.3, -0.25) is 0 Å². The summed E-state index contributed by atoms with van der Waals surface area (Å²) >= 11 is 0. The van der Waals surface area contributed by atoms with E-state index in [0.29, 0.717) is 25.3 Å². The van der Waals surface area contributed by atoms with Crippen molar-refractivity contribution in [3.63, 3.8) is 0 Å². The van der Waals surface area contributed by atoms with Crippen LogP contribution in [-0.4, -0.2) is 35.7 Å². The van der Waals surface area contributed by atoms with Crippen molar-refractivity contribution in [1.29, 1.82) is 0 Å². The highest BCUT2D eigenvalue weighted by Gasteiger charge is 2.37. The van der Waals surface area contributed by atoms with E-state index in [2.05, 4.69) is 10.3 Å². The molecule has 3 rings (SSSR count). The fourth-order valence-electron chi connectivity index (χ4n) is 2.88. The standard InChI is InChI=1S/C21H22N2O5/c24-20(25)19-18(16-10-5-2-6-11-16)23-17(28-19)12-7-13-22-21(26)27-14-15-8-3-1-4-9-15/h1-6,8-11,18-19H,7,12-14H2,(H,22,26)(H,24,25)/t18-,19+/m0/s1. The number of aliphatic carboxylic acids is 1. The zero-order valence-electron chi connectivity index (χ0n) is 15.3. The quantitative estimate of drug-likeness (QED) is 0.683. The molecule has 0 radical (unpaired) electrons. The third kappa shape index (κ3) is 5.33. The van der Waals surface area contributed by atoms with Gasteiger partial charge in [0.15, 0.2) is 5.90 Å². The van der Waals surface area contributed by atoms with E-state index < -0.39 is 24.2 Å². The zero-order valence-corrected chi connectivity index (χ0v) is 15.3. The van der Waals surface area contributed by atoms with E-state index in [-0.39, 0.29) is 6.61 Å². The third-order valence-corrected chi connectivity index (χ3v) is 4.27. The molecule has 7 heteroatoms. The average Bonchev–Trinajstić information content (AvgIpc) is 3.16. The largest absolute Gasteiger partial charge is 0.478 e. The van der Waals surface area contributed by atoms with Gasteiger partial charge in [-0.25, -0.2) is 14.6 Å². The van der Waals surface area contributed by atoms with Crippen LogP contribution in [0.15, 0.2) is 65.7 Å². The molecule has 1 aliphatic rings. The van der Waals surface area contributed by atoms with Gasteiger partial charge in [0.05, 0.1) is 0 Å². The van der Waals surface area contributed by atoms with Crippen LogP contribution < -0.4 is 5.32 Å². The van der Waals surface area contributed by atoms with Crippen molar-refractivity contribution >= 4 is 18.0 Å². The second-order valence-electron chi connectivity index (χ2n) is 6.35. The monoisotopic (exact) mass is 382 g/mol. The predicted octanol–water partition coefficient (Wildman–Crippen LogP) is 3.32. The molecular weight excluding hydrogens is 360 g/mol. The summed E-state index contributed by atoms with van der Waals surface area (Å²) in [5.41, 5.74) is 1.71. The number of amides is 1. The van der Waals surface area contributed by atoms with Crippen LogP contribution in [0, 0.1) is 0 Å². The maximum atomic E-state index is 11.7. The van der Waals surface area contributed by atoms with Gasteiger partial charge in [-0.05, 0) is 17.5 Å². The number of hydrogen-bond acceptors (Lipinski definition) is 5. The molecule has 146 valence electrons. The van der Waals surface area contributed by atoms with E-state index in [4.69, 9.17) is 9.47 Å². The lowest BCUT2D eigenvalue weighted by Crippen LogP contribution is -2.27. The molecule has 2 atom stereocenters. The van der Waals surface area contributed by atoms with Crippen LogP contribution in [0.2, 0.25) is 0 Å². The molecule has 1 aliphatic heterocycles. The van der Waals surface area contributed by atoms with Crippen molar-refractivity contribution in [2.75, 3.05) is 6.54 Å². The predicted molar refractivity (Wildman–Crippen MR) is 103 cm³/mol. The topological polar surface area (TPSA) is 97.2 Å². The minimum absolute atomic E-state index is 0.210. The molecule has 0 unspecified atom stereocenters. The SMILES string of the molecule is O=C(NCCCC1=N[C@@H](c2ccccc2)[C@H](C(=O)O)O1)OCc1ccccc1. The smallest absolute Gasteiger partial charge is 0.407 e. The Morgan fingerprint density at radius 3 is 2.43 bits per heavy atom. The number of carbonyl (C=O) groups excluding carboxylic acids is 1. The zero-order chi connectivity index (χ0) is 19.8. The lowest BCUT2D eigenvalue weighted by molar-refractivity contribution is -0.145. The van der Waals surface area contributed by atoms with E-state index in [1.807, 2.05) is 60.7 Å². The summed E-state index contributed by atoms with van der Waals surface area (Å²) in [6, 6.07) is 18.1. The molecule has 0 aromatic heterocycles. The highest BCUT2D eigenvalue weighted by atomic mass is 16.5. The summed E-state index contributed by atoms with van der Waals surface area (Å²) in [4.78, 5) is 27.6. The first kappa shape index (κ1) is 19.4. The first-order valence-corrected chi connectivity index (χ1v) is 9.09. The number of carboxylic acids is 1. The maximum absolute atomic E-state index is 11.7. The van der Waals surface area contributed by atoms with Crippen LogP contribution in [0.25, 0.3) is 0 Å².